The largest absolute Gasteiger partial charge is 0.296 e. The molecule has 1 nitrogen and oxygen atoms in total. The molecule has 1 aromatic rings. The second-order valence-corrected chi connectivity index (χ2v) is 4.83. The molecule has 3 rings (SSSR count). The van der Waals surface area contributed by atoms with Gasteiger partial charge in [-0.15, -0.1) is 0 Å². The van der Waals surface area contributed by atoms with Gasteiger partial charge in [-0.05, 0) is 48.9 Å². The number of benzene rings is 1. The zero-order chi connectivity index (χ0) is 10.3. The Bertz CT molecular complexity index is 370. The van der Waals surface area contributed by atoms with E-state index >= 15 is 0 Å². The molecule has 1 aliphatic carbocycles. The maximum absolute atomic E-state index is 2.69. The van der Waals surface area contributed by atoms with Gasteiger partial charge in [-0.25, -0.2) is 0 Å². The van der Waals surface area contributed by atoms with Crippen molar-refractivity contribution >= 4 is 0 Å². The average Bonchev–Trinajstić information content (AvgIpc) is 2.69. The molecule has 1 heteroatoms. The van der Waals surface area contributed by atoms with Crippen LogP contribution in [-0.4, -0.2) is 18.0 Å². The Morgan fingerprint density at radius 2 is 2.07 bits per heavy atom. The lowest BCUT2D eigenvalue weighted by Gasteiger charge is -2.34. The normalized spacial score (nSPS) is 24.2. The van der Waals surface area contributed by atoms with Crippen LogP contribution in [0.25, 0.3) is 0 Å². The topological polar surface area (TPSA) is 3.24 Å². The molecule has 1 atom stereocenters. The number of rotatable bonds is 2. The molecular weight excluding hydrogens is 182 g/mol. The molecule has 15 heavy (non-hydrogen) atoms. The summed E-state index contributed by atoms with van der Waals surface area (Å²) in [4.78, 5) is 2.69. The molecule has 0 spiro atoms. The van der Waals surface area contributed by atoms with Gasteiger partial charge in [0.15, 0.2) is 0 Å². The second kappa shape index (κ2) is 3.64. The summed E-state index contributed by atoms with van der Waals surface area (Å²) in [6, 6.07) is 7.66. The van der Waals surface area contributed by atoms with E-state index in [9.17, 15) is 0 Å². The first-order valence-electron chi connectivity index (χ1n) is 6.25. The highest BCUT2D eigenvalue weighted by atomic mass is 15.2. The molecule has 0 radical (unpaired) electrons. The van der Waals surface area contributed by atoms with Crippen LogP contribution in [0, 0.1) is 0 Å². The van der Waals surface area contributed by atoms with E-state index in [1.54, 1.807) is 16.7 Å². The Labute approximate surface area is 92.1 Å². The van der Waals surface area contributed by atoms with Crippen LogP contribution in [-0.2, 0) is 12.8 Å². The van der Waals surface area contributed by atoms with E-state index < -0.39 is 0 Å². The highest BCUT2D eigenvalue weighted by molar-refractivity contribution is 5.43. The van der Waals surface area contributed by atoms with Gasteiger partial charge >= 0.3 is 0 Å². The summed E-state index contributed by atoms with van der Waals surface area (Å²) in [5.41, 5.74) is 4.94. The van der Waals surface area contributed by atoms with E-state index in [4.69, 9.17) is 0 Å². The molecule has 1 heterocycles. The minimum Gasteiger partial charge on any atom is -0.296 e. The second-order valence-electron chi connectivity index (χ2n) is 4.83. The lowest BCUT2D eigenvalue weighted by molar-refractivity contribution is 0.186. The lowest BCUT2D eigenvalue weighted by Crippen LogP contribution is -2.34. The first-order valence-corrected chi connectivity index (χ1v) is 6.25. The standard InChI is InChI=1S/C14H19N/c1-2-9-15-10-8-12-5-3-4-11-6-7-13(15)14(11)12/h3-5,13H,2,6-10H2,1H3. The van der Waals surface area contributed by atoms with Crippen LogP contribution in [0.5, 0.6) is 0 Å². The Morgan fingerprint density at radius 3 is 2.87 bits per heavy atom. The van der Waals surface area contributed by atoms with Crippen LogP contribution >= 0.6 is 0 Å². The Hall–Kier alpha value is -0.820. The van der Waals surface area contributed by atoms with Crippen LogP contribution in [0.2, 0.25) is 0 Å². The van der Waals surface area contributed by atoms with Gasteiger partial charge in [0.1, 0.15) is 0 Å². The van der Waals surface area contributed by atoms with Gasteiger partial charge in [0.2, 0.25) is 0 Å². The van der Waals surface area contributed by atoms with Crippen molar-refractivity contribution in [1.82, 2.24) is 4.90 Å². The molecule has 0 fully saturated rings. The minimum absolute atomic E-state index is 0.755. The summed E-state index contributed by atoms with van der Waals surface area (Å²) in [6.07, 6.45) is 5.20. The SMILES string of the molecule is CCCN1CCc2cccc3c2C1CC3. The summed E-state index contributed by atoms with van der Waals surface area (Å²) < 4.78 is 0. The van der Waals surface area contributed by atoms with E-state index in [0.29, 0.717) is 0 Å². The fourth-order valence-corrected chi connectivity index (χ4v) is 3.31. The molecule has 0 aromatic heterocycles. The van der Waals surface area contributed by atoms with Crippen LogP contribution in [0.15, 0.2) is 18.2 Å². The molecule has 2 aliphatic rings. The van der Waals surface area contributed by atoms with Crippen LogP contribution < -0.4 is 0 Å². The highest BCUT2D eigenvalue weighted by Gasteiger charge is 2.32. The van der Waals surface area contributed by atoms with Crippen LogP contribution in [0.4, 0.5) is 0 Å². The van der Waals surface area contributed by atoms with Gasteiger partial charge in [-0.1, -0.05) is 25.1 Å². The third-order valence-electron chi connectivity index (χ3n) is 3.93. The quantitative estimate of drug-likeness (QED) is 0.711. The first-order chi connectivity index (χ1) is 7.40. The summed E-state index contributed by atoms with van der Waals surface area (Å²) in [7, 11) is 0. The van der Waals surface area contributed by atoms with Crippen molar-refractivity contribution in [1.29, 1.82) is 0 Å². The van der Waals surface area contributed by atoms with Crippen molar-refractivity contribution in [3.8, 4) is 0 Å². The first kappa shape index (κ1) is 9.41. The number of nitrogens with zero attached hydrogens (tertiary/aromatic N) is 1. The third kappa shape index (κ3) is 1.41. The molecule has 0 N–H and O–H groups in total. The summed E-state index contributed by atoms with van der Waals surface area (Å²) in [5, 5.41) is 0. The monoisotopic (exact) mass is 201 g/mol. The van der Waals surface area contributed by atoms with Gasteiger partial charge < -0.3 is 0 Å². The zero-order valence-corrected chi connectivity index (χ0v) is 9.50. The van der Waals surface area contributed by atoms with Crippen LogP contribution in [0.1, 0.15) is 42.5 Å². The average molecular weight is 201 g/mol. The van der Waals surface area contributed by atoms with E-state index in [2.05, 4.69) is 30.0 Å². The molecule has 0 bridgehead atoms. The maximum Gasteiger partial charge on any atom is 0.0356 e. The fourth-order valence-electron chi connectivity index (χ4n) is 3.31. The molecule has 0 saturated heterocycles. The number of hydrogen-bond acceptors (Lipinski definition) is 1. The van der Waals surface area contributed by atoms with Gasteiger partial charge in [0, 0.05) is 12.6 Å². The smallest absolute Gasteiger partial charge is 0.0356 e. The van der Waals surface area contributed by atoms with E-state index in [-0.39, 0.29) is 0 Å². The van der Waals surface area contributed by atoms with Gasteiger partial charge in [-0.3, -0.25) is 4.90 Å². The zero-order valence-electron chi connectivity index (χ0n) is 9.50. The van der Waals surface area contributed by atoms with Crippen molar-refractivity contribution in [2.75, 3.05) is 13.1 Å². The van der Waals surface area contributed by atoms with Crippen molar-refractivity contribution in [3.05, 3.63) is 34.9 Å². The maximum atomic E-state index is 2.69. The Kier molecular flexibility index (Phi) is 2.28. The van der Waals surface area contributed by atoms with E-state index in [0.717, 1.165) is 6.04 Å². The predicted molar refractivity (Wildman–Crippen MR) is 63.1 cm³/mol. The van der Waals surface area contributed by atoms with Crippen molar-refractivity contribution < 1.29 is 0 Å². The number of aryl methyl sites for hydroxylation is 1. The molecular formula is C14H19N. The van der Waals surface area contributed by atoms with Crippen molar-refractivity contribution in [2.24, 2.45) is 0 Å². The number of hydrogen-bond donors (Lipinski definition) is 0. The van der Waals surface area contributed by atoms with Gasteiger partial charge in [-0.2, -0.15) is 0 Å². The summed E-state index contributed by atoms with van der Waals surface area (Å²) in [6.45, 7) is 4.84. The Morgan fingerprint density at radius 1 is 1.27 bits per heavy atom. The molecule has 80 valence electrons. The van der Waals surface area contributed by atoms with E-state index in [1.165, 1.54) is 38.8 Å². The highest BCUT2D eigenvalue weighted by Crippen LogP contribution is 2.40. The predicted octanol–water partition coefficient (Wildman–Crippen LogP) is 2.94. The lowest BCUT2D eigenvalue weighted by atomic mass is 9.93. The molecule has 0 amide bonds. The summed E-state index contributed by atoms with van der Waals surface area (Å²) in [5.74, 6) is 0. The fraction of sp³-hybridized carbons (Fsp3) is 0.571. The molecule has 0 saturated carbocycles. The van der Waals surface area contributed by atoms with Crippen molar-refractivity contribution in [3.63, 3.8) is 0 Å². The third-order valence-corrected chi connectivity index (χ3v) is 3.93. The van der Waals surface area contributed by atoms with Crippen LogP contribution in [0.3, 0.4) is 0 Å². The molecule has 1 aromatic carbocycles. The molecule has 1 aliphatic heterocycles. The van der Waals surface area contributed by atoms with E-state index in [1.807, 2.05) is 0 Å². The van der Waals surface area contributed by atoms with Crippen molar-refractivity contribution in [2.45, 2.75) is 38.6 Å². The Balaban J connectivity index is 1.99. The van der Waals surface area contributed by atoms with Gasteiger partial charge in [0.25, 0.3) is 0 Å². The minimum atomic E-state index is 0.755. The summed E-state index contributed by atoms with van der Waals surface area (Å²) >= 11 is 0. The van der Waals surface area contributed by atoms with Gasteiger partial charge in [0.05, 0.1) is 0 Å². The molecule has 1 unspecified atom stereocenters.